The van der Waals surface area contributed by atoms with Crippen molar-refractivity contribution in [2.75, 3.05) is 5.32 Å². The molecule has 0 atom stereocenters. The molecule has 0 saturated carbocycles. The van der Waals surface area contributed by atoms with E-state index in [0.29, 0.717) is 11.7 Å². The Kier molecular flexibility index (Phi) is 3.90. The lowest BCUT2D eigenvalue weighted by molar-refractivity contribution is 1.05. The van der Waals surface area contributed by atoms with Gasteiger partial charge in [-0.2, -0.15) is 0 Å². The predicted octanol–water partition coefficient (Wildman–Crippen LogP) is 3.87. The molecule has 3 heterocycles. The molecule has 0 fully saturated rings. The highest BCUT2D eigenvalue weighted by Gasteiger charge is 2.05. The minimum atomic E-state index is 0.474. The van der Waals surface area contributed by atoms with Crippen molar-refractivity contribution in [2.24, 2.45) is 0 Å². The van der Waals surface area contributed by atoms with Crippen molar-refractivity contribution < 1.29 is 0 Å². The van der Waals surface area contributed by atoms with Crippen LogP contribution in [0.1, 0.15) is 5.69 Å². The second-order valence-corrected chi connectivity index (χ2v) is 5.30. The van der Waals surface area contributed by atoms with Gasteiger partial charge in [0.05, 0.1) is 17.9 Å². The van der Waals surface area contributed by atoms with Crippen LogP contribution >= 0.6 is 22.9 Å². The van der Waals surface area contributed by atoms with Crippen molar-refractivity contribution in [3.8, 4) is 10.7 Å². The minimum absolute atomic E-state index is 0.474. The summed E-state index contributed by atoms with van der Waals surface area (Å²) in [5.74, 6) is 0.741. The van der Waals surface area contributed by atoms with Crippen molar-refractivity contribution in [1.29, 1.82) is 0 Å². The number of hydrogen-bond acceptors (Lipinski definition) is 5. The highest BCUT2D eigenvalue weighted by molar-refractivity contribution is 7.13. The van der Waals surface area contributed by atoms with Crippen LogP contribution in [0, 0.1) is 0 Å². The molecule has 0 unspecified atom stereocenters. The summed E-state index contributed by atoms with van der Waals surface area (Å²) in [4.78, 5) is 13.0. The van der Waals surface area contributed by atoms with Crippen LogP contribution in [-0.2, 0) is 6.54 Å². The van der Waals surface area contributed by atoms with E-state index in [1.54, 1.807) is 23.6 Å². The van der Waals surface area contributed by atoms with Crippen molar-refractivity contribution in [3.63, 3.8) is 0 Å². The molecule has 20 heavy (non-hydrogen) atoms. The van der Waals surface area contributed by atoms with E-state index < -0.39 is 0 Å². The quantitative estimate of drug-likeness (QED) is 0.743. The van der Waals surface area contributed by atoms with Crippen LogP contribution in [0.5, 0.6) is 0 Å². The lowest BCUT2D eigenvalue weighted by Crippen LogP contribution is -2.01. The van der Waals surface area contributed by atoms with E-state index in [2.05, 4.69) is 20.3 Å². The Labute approximate surface area is 125 Å². The highest BCUT2D eigenvalue weighted by Crippen LogP contribution is 2.21. The predicted molar refractivity (Wildman–Crippen MR) is 81.9 cm³/mol. The van der Waals surface area contributed by atoms with Gasteiger partial charge in [-0.1, -0.05) is 23.7 Å². The monoisotopic (exact) mass is 302 g/mol. The van der Waals surface area contributed by atoms with Gasteiger partial charge in [-0.3, -0.25) is 4.98 Å². The zero-order valence-electron chi connectivity index (χ0n) is 10.5. The van der Waals surface area contributed by atoms with Crippen LogP contribution in [0.4, 0.5) is 5.82 Å². The number of aromatic nitrogens is 3. The molecule has 3 aromatic rings. The minimum Gasteiger partial charge on any atom is -0.364 e. The van der Waals surface area contributed by atoms with Gasteiger partial charge in [0.2, 0.25) is 0 Å². The Balaban J connectivity index is 1.69. The van der Waals surface area contributed by atoms with Crippen LogP contribution < -0.4 is 5.32 Å². The summed E-state index contributed by atoms with van der Waals surface area (Å²) >= 11 is 7.42. The van der Waals surface area contributed by atoms with E-state index in [9.17, 15) is 0 Å². The molecule has 1 N–H and O–H groups in total. The first-order chi connectivity index (χ1) is 9.81. The van der Waals surface area contributed by atoms with E-state index in [-0.39, 0.29) is 0 Å². The molecule has 0 amide bonds. The number of nitrogens with zero attached hydrogens (tertiary/aromatic N) is 3. The van der Waals surface area contributed by atoms with Crippen molar-refractivity contribution >= 4 is 28.8 Å². The number of anilines is 1. The molecular formula is C14H11ClN4S. The molecule has 3 aromatic heterocycles. The van der Waals surface area contributed by atoms with Gasteiger partial charge in [-0.25, -0.2) is 9.97 Å². The van der Waals surface area contributed by atoms with Crippen LogP contribution in [-0.4, -0.2) is 15.0 Å². The van der Waals surface area contributed by atoms with E-state index >= 15 is 0 Å². The third-order valence-corrected chi connectivity index (χ3v) is 3.73. The molecule has 3 rings (SSSR count). The zero-order valence-corrected chi connectivity index (χ0v) is 12.0. The fourth-order valence-electron chi connectivity index (χ4n) is 1.68. The number of thiazole rings is 1. The zero-order chi connectivity index (χ0) is 13.8. The molecule has 100 valence electrons. The summed E-state index contributed by atoms with van der Waals surface area (Å²) < 4.78 is 0. The van der Waals surface area contributed by atoms with Gasteiger partial charge >= 0.3 is 0 Å². The van der Waals surface area contributed by atoms with Crippen molar-refractivity contribution in [2.45, 2.75) is 6.54 Å². The average molecular weight is 303 g/mol. The maximum absolute atomic E-state index is 5.84. The maximum atomic E-state index is 5.84. The van der Waals surface area contributed by atoms with Gasteiger partial charge in [0.15, 0.2) is 0 Å². The fourth-order valence-corrected chi connectivity index (χ4v) is 2.64. The Morgan fingerprint density at radius 1 is 1.10 bits per heavy atom. The number of hydrogen-bond donors (Lipinski definition) is 1. The Morgan fingerprint density at radius 3 is 2.85 bits per heavy atom. The molecule has 0 aliphatic carbocycles. The first-order valence-electron chi connectivity index (χ1n) is 6.03. The Morgan fingerprint density at radius 2 is 2.05 bits per heavy atom. The number of rotatable bonds is 4. The van der Waals surface area contributed by atoms with Gasteiger partial charge in [0.1, 0.15) is 16.0 Å². The van der Waals surface area contributed by atoms with Crippen molar-refractivity contribution in [1.82, 2.24) is 15.0 Å². The molecule has 0 aliphatic rings. The van der Waals surface area contributed by atoms with Gasteiger partial charge < -0.3 is 5.32 Å². The highest BCUT2D eigenvalue weighted by atomic mass is 35.5. The molecule has 0 spiro atoms. The third kappa shape index (κ3) is 3.12. The standard InChI is InChI=1S/C14H11ClN4S/c15-12-5-3-6-13(19-12)17-8-10-9-20-14(18-10)11-4-1-2-7-16-11/h1-7,9H,8H2,(H,17,19). The molecule has 0 saturated heterocycles. The van der Waals surface area contributed by atoms with E-state index in [0.717, 1.165) is 22.2 Å². The fraction of sp³-hybridized carbons (Fsp3) is 0.0714. The number of nitrogens with one attached hydrogen (secondary N) is 1. The Bertz CT molecular complexity index is 699. The van der Waals surface area contributed by atoms with Crippen LogP contribution in [0.2, 0.25) is 5.15 Å². The molecule has 6 heteroatoms. The lowest BCUT2D eigenvalue weighted by Gasteiger charge is -2.03. The van der Waals surface area contributed by atoms with Gasteiger partial charge in [0.25, 0.3) is 0 Å². The molecular weight excluding hydrogens is 292 g/mol. The molecule has 0 aromatic carbocycles. The van der Waals surface area contributed by atoms with E-state index in [1.807, 2.05) is 35.7 Å². The van der Waals surface area contributed by atoms with Crippen molar-refractivity contribution in [3.05, 3.63) is 58.8 Å². The van der Waals surface area contributed by atoms with Crippen LogP contribution in [0.3, 0.4) is 0 Å². The number of halogens is 1. The molecule has 0 aliphatic heterocycles. The third-order valence-electron chi connectivity index (χ3n) is 2.60. The normalized spacial score (nSPS) is 10.4. The van der Waals surface area contributed by atoms with Gasteiger partial charge in [-0.15, -0.1) is 11.3 Å². The topological polar surface area (TPSA) is 50.7 Å². The Hall–Kier alpha value is -1.98. The summed E-state index contributed by atoms with van der Waals surface area (Å²) in [5.41, 5.74) is 1.85. The maximum Gasteiger partial charge on any atom is 0.142 e. The summed E-state index contributed by atoms with van der Waals surface area (Å²) in [6, 6.07) is 11.3. The summed E-state index contributed by atoms with van der Waals surface area (Å²) in [6.07, 6.45) is 1.77. The van der Waals surface area contributed by atoms with Gasteiger partial charge in [-0.05, 0) is 24.3 Å². The van der Waals surface area contributed by atoms with Gasteiger partial charge in [0, 0.05) is 11.6 Å². The first kappa shape index (κ1) is 13.0. The second kappa shape index (κ2) is 5.98. The largest absolute Gasteiger partial charge is 0.364 e. The first-order valence-corrected chi connectivity index (χ1v) is 7.29. The van der Waals surface area contributed by atoms with E-state index in [4.69, 9.17) is 11.6 Å². The van der Waals surface area contributed by atoms with E-state index in [1.165, 1.54) is 0 Å². The van der Waals surface area contributed by atoms with Crippen LogP contribution in [0.25, 0.3) is 10.7 Å². The summed E-state index contributed by atoms with van der Waals surface area (Å²) in [5, 5.41) is 6.60. The average Bonchev–Trinajstić information content (AvgIpc) is 2.95. The summed E-state index contributed by atoms with van der Waals surface area (Å²) in [6.45, 7) is 0.608. The lowest BCUT2D eigenvalue weighted by atomic mass is 10.3. The smallest absolute Gasteiger partial charge is 0.142 e. The second-order valence-electron chi connectivity index (χ2n) is 4.06. The molecule has 0 radical (unpaired) electrons. The molecule has 0 bridgehead atoms. The SMILES string of the molecule is Clc1cccc(NCc2csc(-c3ccccn3)n2)n1. The summed E-state index contributed by atoms with van der Waals surface area (Å²) in [7, 11) is 0. The number of pyridine rings is 2. The molecule has 4 nitrogen and oxygen atoms in total. The van der Waals surface area contributed by atoms with Crippen LogP contribution in [0.15, 0.2) is 48.0 Å².